The summed E-state index contributed by atoms with van der Waals surface area (Å²) in [6.07, 6.45) is 5.38. The van der Waals surface area contributed by atoms with Gasteiger partial charge < -0.3 is 10.1 Å². The lowest BCUT2D eigenvalue weighted by molar-refractivity contribution is 0.132. The Hall–Kier alpha value is -0.0800. The minimum Gasteiger partial charge on any atom is -0.382 e. The van der Waals surface area contributed by atoms with Crippen LogP contribution in [-0.4, -0.2) is 25.8 Å². The van der Waals surface area contributed by atoms with Crippen LogP contribution in [-0.2, 0) is 4.74 Å². The van der Waals surface area contributed by atoms with Crippen LogP contribution in [0, 0.1) is 5.92 Å². The summed E-state index contributed by atoms with van der Waals surface area (Å²) in [7, 11) is 0. The van der Waals surface area contributed by atoms with Crippen LogP contribution in [0.5, 0.6) is 0 Å². The van der Waals surface area contributed by atoms with Gasteiger partial charge in [0, 0.05) is 19.3 Å². The van der Waals surface area contributed by atoms with Crippen molar-refractivity contribution in [2.24, 2.45) is 5.92 Å². The van der Waals surface area contributed by atoms with Crippen LogP contribution < -0.4 is 5.32 Å². The Bertz CT molecular complexity index is 123. The predicted molar refractivity (Wildman–Crippen MR) is 55.9 cm³/mol. The first-order chi connectivity index (χ1) is 6.33. The average Bonchev–Trinajstić information content (AvgIpc) is 2.02. The number of hydrogen-bond acceptors (Lipinski definition) is 2. The predicted octanol–water partition coefficient (Wildman–Crippen LogP) is 2.19. The molecule has 78 valence electrons. The molecule has 0 aromatic rings. The quantitative estimate of drug-likeness (QED) is 0.614. The van der Waals surface area contributed by atoms with Gasteiger partial charge in [-0.15, -0.1) is 0 Å². The van der Waals surface area contributed by atoms with Crippen molar-refractivity contribution < 1.29 is 4.74 Å². The second-order valence-corrected chi connectivity index (χ2v) is 4.13. The molecular formula is C11H23NO. The lowest BCUT2D eigenvalue weighted by Crippen LogP contribution is -2.37. The zero-order valence-corrected chi connectivity index (χ0v) is 9.01. The van der Waals surface area contributed by atoms with Gasteiger partial charge in [-0.2, -0.15) is 0 Å². The highest BCUT2D eigenvalue weighted by Gasteiger charge is 2.16. The average molecular weight is 185 g/mol. The zero-order valence-electron chi connectivity index (χ0n) is 9.01. The van der Waals surface area contributed by atoms with Crippen molar-refractivity contribution in [1.29, 1.82) is 0 Å². The number of hydrogen-bond donors (Lipinski definition) is 1. The maximum absolute atomic E-state index is 5.32. The van der Waals surface area contributed by atoms with Crippen LogP contribution in [0.4, 0.5) is 0 Å². The van der Waals surface area contributed by atoms with Crippen molar-refractivity contribution in [2.45, 2.75) is 45.6 Å². The van der Waals surface area contributed by atoms with Crippen LogP contribution in [0.1, 0.15) is 39.5 Å². The number of nitrogens with one attached hydrogen (secondary N) is 1. The molecule has 2 heteroatoms. The summed E-state index contributed by atoms with van der Waals surface area (Å²) < 4.78 is 5.32. The van der Waals surface area contributed by atoms with Gasteiger partial charge in [-0.25, -0.2) is 0 Å². The minimum absolute atomic E-state index is 0.757. The van der Waals surface area contributed by atoms with E-state index < -0.39 is 0 Å². The molecule has 1 unspecified atom stereocenters. The van der Waals surface area contributed by atoms with E-state index in [1.54, 1.807) is 0 Å². The van der Waals surface area contributed by atoms with E-state index in [1.165, 1.54) is 25.7 Å². The molecule has 0 heterocycles. The summed E-state index contributed by atoms with van der Waals surface area (Å²) in [4.78, 5) is 0. The smallest absolute Gasteiger partial charge is 0.0468 e. The maximum Gasteiger partial charge on any atom is 0.0468 e. The largest absolute Gasteiger partial charge is 0.382 e. The fourth-order valence-corrected chi connectivity index (χ4v) is 1.51. The standard InChI is InChI=1S/C11H23NO/c1-3-13-8-7-10(2)9-12-11-5-4-6-11/h10-12H,3-9H2,1-2H3. The van der Waals surface area contributed by atoms with Crippen molar-refractivity contribution in [2.75, 3.05) is 19.8 Å². The van der Waals surface area contributed by atoms with Gasteiger partial charge in [-0.3, -0.25) is 0 Å². The molecule has 1 aliphatic carbocycles. The lowest BCUT2D eigenvalue weighted by Gasteiger charge is -2.28. The molecule has 0 amide bonds. The zero-order chi connectivity index (χ0) is 9.52. The van der Waals surface area contributed by atoms with Gasteiger partial charge in [0.15, 0.2) is 0 Å². The molecule has 1 saturated carbocycles. The van der Waals surface area contributed by atoms with Crippen LogP contribution in [0.3, 0.4) is 0 Å². The van der Waals surface area contributed by atoms with E-state index in [4.69, 9.17) is 4.74 Å². The van der Waals surface area contributed by atoms with Gasteiger partial charge >= 0.3 is 0 Å². The SMILES string of the molecule is CCOCCC(C)CNC1CCC1. The third kappa shape index (κ3) is 4.63. The van der Waals surface area contributed by atoms with Crippen LogP contribution in [0.15, 0.2) is 0 Å². The molecule has 1 aliphatic rings. The first-order valence-corrected chi connectivity index (χ1v) is 5.64. The molecular weight excluding hydrogens is 162 g/mol. The highest BCUT2D eigenvalue weighted by Crippen LogP contribution is 2.18. The van der Waals surface area contributed by atoms with Gasteiger partial charge in [-0.1, -0.05) is 13.3 Å². The second-order valence-electron chi connectivity index (χ2n) is 4.13. The number of rotatable bonds is 7. The molecule has 1 rings (SSSR count). The molecule has 1 atom stereocenters. The summed E-state index contributed by atoms with van der Waals surface area (Å²) in [5, 5.41) is 3.59. The van der Waals surface area contributed by atoms with E-state index in [0.29, 0.717) is 0 Å². The Balaban J connectivity index is 1.87. The lowest BCUT2D eigenvalue weighted by atomic mass is 9.92. The Kier molecular flexibility index (Phi) is 5.40. The van der Waals surface area contributed by atoms with E-state index in [9.17, 15) is 0 Å². The van der Waals surface area contributed by atoms with Crippen molar-refractivity contribution in [1.82, 2.24) is 5.32 Å². The van der Waals surface area contributed by atoms with Gasteiger partial charge in [0.1, 0.15) is 0 Å². The first kappa shape index (κ1) is 11.0. The molecule has 0 bridgehead atoms. The Labute approximate surface area is 82.0 Å². The Morgan fingerprint density at radius 3 is 2.77 bits per heavy atom. The third-order valence-electron chi connectivity index (χ3n) is 2.82. The normalized spacial score (nSPS) is 19.8. The minimum atomic E-state index is 0.757. The highest BCUT2D eigenvalue weighted by molar-refractivity contribution is 4.76. The van der Waals surface area contributed by atoms with Crippen molar-refractivity contribution in [3.8, 4) is 0 Å². The third-order valence-corrected chi connectivity index (χ3v) is 2.82. The molecule has 13 heavy (non-hydrogen) atoms. The summed E-state index contributed by atoms with van der Waals surface area (Å²) in [5.41, 5.74) is 0. The van der Waals surface area contributed by atoms with Gasteiger partial charge in [0.2, 0.25) is 0 Å². The van der Waals surface area contributed by atoms with E-state index in [0.717, 1.165) is 31.7 Å². The van der Waals surface area contributed by atoms with Crippen LogP contribution in [0.25, 0.3) is 0 Å². The Morgan fingerprint density at radius 2 is 2.23 bits per heavy atom. The number of ether oxygens (including phenoxy) is 1. The summed E-state index contributed by atoms with van der Waals surface area (Å²) in [5.74, 6) is 0.757. The fraction of sp³-hybridized carbons (Fsp3) is 1.00. The molecule has 0 aromatic heterocycles. The van der Waals surface area contributed by atoms with Gasteiger partial charge in [0.25, 0.3) is 0 Å². The van der Waals surface area contributed by atoms with Crippen molar-refractivity contribution in [3.63, 3.8) is 0 Å². The molecule has 0 spiro atoms. The van der Waals surface area contributed by atoms with Crippen molar-refractivity contribution in [3.05, 3.63) is 0 Å². The molecule has 0 aliphatic heterocycles. The first-order valence-electron chi connectivity index (χ1n) is 5.64. The summed E-state index contributed by atoms with van der Waals surface area (Å²) in [6.45, 7) is 7.28. The molecule has 0 aromatic carbocycles. The molecule has 1 N–H and O–H groups in total. The fourth-order valence-electron chi connectivity index (χ4n) is 1.51. The molecule has 0 radical (unpaired) electrons. The topological polar surface area (TPSA) is 21.3 Å². The van der Waals surface area contributed by atoms with Crippen LogP contribution >= 0.6 is 0 Å². The van der Waals surface area contributed by atoms with Crippen molar-refractivity contribution >= 4 is 0 Å². The van der Waals surface area contributed by atoms with Crippen LogP contribution in [0.2, 0.25) is 0 Å². The Morgan fingerprint density at radius 1 is 1.46 bits per heavy atom. The molecule has 0 saturated heterocycles. The van der Waals surface area contributed by atoms with E-state index in [-0.39, 0.29) is 0 Å². The second kappa shape index (κ2) is 6.39. The van der Waals surface area contributed by atoms with Gasteiger partial charge in [0.05, 0.1) is 0 Å². The highest BCUT2D eigenvalue weighted by atomic mass is 16.5. The maximum atomic E-state index is 5.32. The van der Waals surface area contributed by atoms with E-state index in [1.807, 2.05) is 0 Å². The summed E-state index contributed by atoms with van der Waals surface area (Å²) >= 11 is 0. The van der Waals surface area contributed by atoms with E-state index in [2.05, 4.69) is 19.2 Å². The molecule has 2 nitrogen and oxygen atoms in total. The van der Waals surface area contributed by atoms with E-state index >= 15 is 0 Å². The monoisotopic (exact) mass is 185 g/mol. The van der Waals surface area contributed by atoms with Gasteiger partial charge in [-0.05, 0) is 38.6 Å². The summed E-state index contributed by atoms with van der Waals surface area (Å²) in [6, 6.07) is 0.828. The molecule has 1 fully saturated rings.